The summed E-state index contributed by atoms with van der Waals surface area (Å²) in [4.78, 5) is 14.6. The van der Waals surface area contributed by atoms with Crippen LogP contribution in [0.15, 0.2) is 18.2 Å². The Hall–Kier alpha value is -1.42. The highest BCUT2D eigenvalue weighted by molar-refractivity contribution is 6.31. The summed E-state index contributed by atoms with van der Waals surface area (Å²) in [6.45, 7) is 2.08. The van der Waals surface area contributed by atoms with Gasteiger partial charge in [0.2, 0.25) is 0 Å². The van der Waals surface area contributed by atoms with Gasteiger partial charge < -0.3 is 15.5 Å². The van der Waals surface area contributed by atoms with Crippen LogP contribution in [0, 0.1) is 0 Å². The topological polar surface area (TPSA) is 44.4 Å². The van der Waals surface area contributed by atoms with E-state index in [-0.39, 0.29) is 6.03 Å². The molecule has 0 bridgehead atoms. The Bertz CT molecular complexity index is 523. The highest BCUT2D eigenvalue weighted by atomic mass is 35.5. The van der Waals surface area contributed by atoms with E-state index in [2.05, 4.69) is 15.5 Å². The average Bonchev–Trinajstić information content (AvgIpc) is 3.02. The lowest BCUT2D eigenvalue weighted by Gasteiger charge is -2.25. The Balaban J connectivity index is 1.67. The standard InChI is InChI=1S/C17H24ClN3O/c18-13-8-9-16(21-10-4-5-11-21)15(12-13)20-17(22)19-14-6-2-1-3-7-14/h8-9,12,14H,1-7,10-11H2,(H2,19,20,22). The third kappa shape index (κ3) is 3.86. The van der Waals surface area contributed by atoms with Crippen LogP contribution in [0.25, 0.3) is 0 Å². The molecule has 1 aromatic carbocycles. The fourth-order valence-electron chi connectivity index (χ4n) is 3.43. The van der Waals surface area contributed by atoms with Gasteiger partial charge in [0, 0.05) is 24.2 Å². The molecule has 2 amide bonds. The smallest absolute Gasteiger partial charge is 0.319 e. The van der Waals surface area contributed by atoms with Gasteiger partial charge in [-0.05, 0) is 43.9 Å². The largest absolute Gasteiger partial charge is 0.370 e. The summed E-state index contributed by atoms with van der Waals surface area (Å²) in [5, 5.41) is 6.74. The van der Waals surface area contributed by atoms with Crippen molar-refractivity contribution in [2.24, 2.45) is 0 Å². The van der Waals surface area contributed by atoms with Crippen molar-refractivity contribution in [3.8, 4) is 0 Å². The second-order valence-corrected chi connectivity index (χ2v) is 6.73. The van der Waals surface area contributed by atoms with Gasteiger partial charge in [0.15, 0.2) is 0 Å². The highest BCUT2D eigenvalue weighted by Gasteiger charge is 2.19. The zero-order chi connectivity index (χ0) is 15.4. The first-order chi connectivity index (χ1) is 10.7. The number of carbonyl (C=O) groups is 1. The first-order valence-corrected chi connectivity index (χ1v) is 8.72. The molecule has 5 heteroatoms. The van der Waals surface area contributed by atoms with Gasteiger partial charge in [-0.25, -0.2) is 4.79 Å². The molecule has 1 saturated carbocycles. The number of nitrogens with zero attached hydrogens (tertiary/aromatic N) is 1. The summed E-state index contributed by atoms with van der Waals surface area (Å²) in [5.41, 5.74) is 1.88. The lowest BCUT2D eigenvalue weighted by molar-refractivity contribution is 0.244. The van der Waals surface area contributed by atoms with Gasteiger partial charge in [0.05, 0.1) is 11.4 Å². The lowest BCUT2D eigenvalue weighted by Crippen LogP contribution is -2.39. The summed E-state index contributed by atoms with van der Waals surface area (Å²) in [5.74, 6) is 0. The second-order valence-electron chi connectivity index (χ2n) is 6.29. The number of hydrogen-bond acceptors (Lipinski definition) is 2. The first-order valence-electron chi connectivity index (χ1n) is 8.34. The van der Waals surface area contributed by atoms with Crippen LogP contribution >= 0.6 is 11.6 Å². The molecule has 2 aliphatic rings. The summed E-state index contributed by atoms with van der Waals surface area (Å²) in [6, 6.07) is 5.93. The monoisotopic (exact) mass is 321 g/mol. The number of hydrogen-bond donors (Lipinski definition) is 2. The van der Waals surface area contributed by atoms with Gasteiger partial charge in [-0.2, -0.15) is 0 Å². The average molecular weight is 322 g/mol. The number of nitrogens with one attached hydrogen (secondary N) is 2. The van der Waals surface area contributed by atoms with Crippen molar-refractivity contribution in [3.63, 3.8) is 0 Å². The van der Waals surface area contributed by atoms with Crippen molar-refractivity contribution in [2.45, 2.75) is 51.0 Å². The predicted octanol–water partition coefficient (Wildman–Crippen LogP) is 4.39. The Kier molecular flexibility index (Phi) is 5.08. The number of benzene rings is 1. The molecule has 4 nitrogen and oxygen atoms in total. The number of anilines is 2. The predicted molar refractivity (Wildman–Crippen MR) is 91.9 cm³/mol. The SMILES string of the molecule is O=C(Nc1cc(Cl)ccc1N1CCCC1)NC1CCCCC1. The number of urea groups is 1. The van der Waals surface area contributed by atoms with Crippen LogP contribution in [-0.4, -0.2) is 25.2 Å². The number of carbonyl (C=O) groups excluding carboxylic acids is 1. The lowest BCUT2D eigenvalue weighted by atomic mass is 9.96. The maximum atomic E-state index is 12.3. The van der Waals surface area contributed by atoms with E-state index in [1.54, 1.807) is 0 Å². The molecular weight excluding hydrogens is 298 g/mol. The zero-order valence-corrected chi connectivity index (χ0v) is 13.7. The van der Waals surface area contributed by atoms with E-state index in [0.717, 1.165) is 37.3 Å². The van der Waals surface area contributed by atoms with E-state index < -0.39 is 0 Å². The third-order valence-electron chi connectivity index (χ3n) is 4.59. The summed E-state index contributed by atoms with van der Waals surface area (Å²) >= 11 is 6.11. The van der Waals surface area contributed by atoms with E-state index >= 15 is 0 Å². The molecule has 2 fully saturated rings. The van der Waals surface area contributed by atoms with Crippen molar-refractivity contribution >= 4 is 29.0 Å². The summed E-state index contributed by atoms with van der Waals surface area (Å²) < 4.78 is 0. The molecule has 0 spiro atoms. The van der Waals surface area contributed by atoms with Crippen LogP contribution in [0.3, 0.4) is 0 Å². The van der Waals surface area contributed by atoms with Crippen LogP contribution in [-0.2, 0) is 0 Å². The number of rotatable bonds is 3. The first kappa shape index (κ1) is 15.5. The second kappa shape index (κ2) is 7.23. The van der Waals surface area contributed by atoms with E-state index in [1.807, 2.05) is 18.2 Å². The van der Waals surface area contributed by atoms with Gasteiger partial charge >= 0.3 is 6.03 Å². The molecule has 1 saturated heterocycles. The van der Waals surface area contributed by atoms with Crippen LogP contribution in [0.4, 0.5) is 16.2 Å². The van der Waals surface area contributed by atoms with Crippen molar-refractivity contribution in [1.29, 1.82) is 0 Å². The van der Waals surface area contributed by atoms with Crippen molar-refractivity contribution in [3.05, 3.63) is 23.2 Å². The molecule has 0 aromatic heterocycles. The fraction of sp³-hybridized carbons (Fsp3) is 0.588. The van der Waals surface area contributed by atoms with Gasteiger partial charge in [0.1, 0.15) is 0 Å². The van der Waals surface area contributed by atoms with Crippen molar-refractivity contribution in [2.75, 3.05) is 23.3 Å². The molecule has 3 rings (SSSR count). The van der Waals surface area contributed by atoms with E-state index in [4.69, 9.17) is 11.6 Å². The molecule has 2 N–H and O–H groups in total. The molecule has 1 aliphatic carbocycles. The van der Waals surface area contributed by atoms with Gasteiger partial charge in [-0.3, -0.25) is 0 Å². The molecule has 0 radical (unpaired) electrons. The van der Waals surface area contributed by atoms with Gasteiger partial charge in [-0.1, -0.05) is 30.9 Å². The normalized spacial score (nSPS) is 19.2. The minimum Gasteiger partial charge on any atom is -0.370 e. The maximum absolute atomic E-state index is 12.3. The van der Waals surface area contributed by atoms with Crippen molar-refractivity contribution < 1.29 is 4.79 Å². The third-order valence-corrected chi connectivity index (χ3v) is 4.83. The van der Waals surface area contributed by atoms with Gasteiger partial charge in [0.25, 0.3) is 0 Å². The minimum absolute atomic E-state index is 0.116. The maximum Gasteiger partial charge on any atom is 0.319 e. The molecule has 1 heterocycles. The van der Waals surface area contributed by atoms with Crippen LogP contribution in [0.1, 0.15) is 44.9 Å². The Morgan fingerprint density at radius 1 is 1.09 bits per heavy atom. The molecule has 0 unspecified atom stereocenters. The molecule has 0 atom stereocenters. The summed E-state index contributed by atoms with van der Waals surface area (Å²) in [6.07, 6.45) is 8.28. The molecule has 22 heavy (non-hydrogen) atoms. The van der Waals surface area contributed by atoms with Crippen LogP contribution in [0.5, 0.6) is 0 Å². The molecule has 1 aliphatic heterocycles. The number of halogens is 1. The number of amides is 2. The quantitative estimate of drug-likeness (QED) is 0.867. The molecule has 120 valence electrons. The Morgan fingerprint density at radius 2 is 1.82 bits per heavy atom. The molecule has 1 aromatic rings. The van der Waals surface area contributed by atoms with Crippen molar-refractivity contribution in [1.82, 2.24) is 5.32 Å². The zero-order valence-electron chi connectivity index (χ0n) is 12.9. The van der Waals surface area contributed by atoms with Gasteiger partial charge in [-0.15, -0.1) is 0 Å². The van der Waals surface area contributed by atoms with Crippen LogP contribution < -0.4 is 15.5 Å². The fourth-order valence-corrected chi connectivity index (χ4v) is 3.60. The minimum atomic E-state index is -0.116. The van der Waals surface area contributed by atoms with E-state index in [9.17, 15) is 4.79 Å². The Labute approximate surface area is 137 Å². The van der Waals surface area contributed by atoms with E-state index in [1.165, 1.54) is 32.1 Å². The Morgan fingerprint density at radius 3 is 2.55 bits per heavy atom. The highest BCUT2D eigenvalue weighted by Crippen LogP contribution is 2.31. The van der Waals surface area contributed by atoms with E-state index in [0.29, 0.717) is 11.1 Å². The summed E-state index contributed by atoms with van der Waals surface area (Å²) in [7, 11) is 0. The van der Waals surface area contributed by atoms with Crippen LogP contribution in [0.2, 0.25) is 5.02 Å². The molecular formula is C17H24ClN3O.